The van der Waals surface area contributed by atoms with Crippen LogP contribution in [-0.4, -0.2) is 5.11 Å². The lowest BCUT2D eigenvalue weighted by molar-refractivity contribution is 0.0458. The van der Waals surface area contributed by atoms with Crippen molar-refractivity contribution >= 4 is 0 Å². The third kappa shape index (κ3) is 0.951. The van der Waals surface area contributed by atoms with Gasteiger partial charge in [0.05, 0.1) is 0 Å². The molecule has 1 aliphatic rings. The Balaban J connectivity index is 2.56. The van der Waals surface area contributed by atoms with E-state index in [1.807, 2.05) is 24.3 Å². The number of nitrogens with two attached hydrogens (primary N) is 1. The van der Waals surface area contributed by atoms with Gasteiger partial charge in [-0.15, -0.1) is 0 Å². The van der Waals surface area contributed by atoms with Crippen molar-refractivity contribution < 1.29 is 5.11 Å². The quantitative estimate of drug-likeness (QED) is 0.534. The highest BCUT2D eigenvalue weighted by atomic mass is 16.3. The molecule has 0 radical (unpaired) electrons. The SMILES string of the molecule is N[C@@]1(O)CCc2ccccc21. The van der Waals surface area contributed by atoms with Crippen molar-refractivity contribution in [3.05, 3.63) is 35.4 Å². The first kappa shape index (κ1) is 6.83. The predicted octanol–water partition coefficient (Wildman–Crippen LogP) is 0.737. The smallest absolute Gasteiger partial charge is 0.140 e. The van der Waals surface area contributed by atoms with Crippen molar-refractivity contribution in [3.63, 3.8) is 0 Å². The summed E-state index contributed by atoms with van der Waals surface area (Å²) in [6.45, 7) is 0. The van der Waals surface area contributed by atoms with Gasteiger partial charge in [0.15, 0.2) is 0 Å². The van der Waals surface area contributed by atoms with Gasteiger partial charge in [-0.05, 0) is 18.4 Å². The highest BCUT2D eigenvalue weighted by molar-refractivity contribution is 5.35. The van der Waals surface area contributed by atoms with Crippen LogP contribution in [-0.2, 0) is 12.1 Å². The fourth-order valence-corrected chi connectivity index (χ4v) is 1.62. The Hall–Kier alpha value is -0.860. The molecule has 0 saturated carbocycles. The summed E-state index contributed by atoms with van der Waals surface area (Å²) in [6, 6.07) is 7.78. The van der Waals surface area contributed by atoms with Crippen molar-refractivity contribution in [2.45, 2.75) is 18.6 Å². The molecule has 1 atom stereocenters. The third-order valence-corrected chi connectivity index (χ3v) is 2.26. The van der Waals surface area contributed by atoms with Gasteiger partial charge >= 0.3 is 0 Å². The fraction of sp³-hybridized carbons (Fsp3) is 0.333. The monoisotopic (exact) mass is 149 g/mol. The molecule has 3 N–H and O–H groups in total. The van der Waals surface area contributed by atoms with E-state index in [2.05, 4.69) is 0 Å². The Morgan fingerprint density at radius 3 is 2.82 bits per heavy atom. The molecule has 2 rings (SSSR count). The molecule has 0 heterocycles. The zero-order valence-electron chi connectivity index (χ0n) is 6.25. The molecule has 0 fully saturated rings. The second-order valence-corrected chi connectivity index (χ2v) is 3.08. The summed E-state index contributed by atoms with van der Waals surface area (Å²) in [4.78, 5) is 0. The van der Waals surface area contributed by atoms with Crippen LogP contribution in [0.3, 0.4) is 0 Å². The molecule has 2 heteroatoms. The van der Waals surface area contributed by atoms with Gasteiger partial charge < -0.3 is 5.11 Å². The molecule has 0 spiro atoms. The fourth-order valence-electron chi connectivity index (χ4n) is 1.62. The molecule has 1 aliphatic carbocycles. The minimum atomic E-state index is -1.07. The van der Waals surface area contributed by atoms with Gasteiger partial charge in [0.25, 0.3) is 0 Å². The van der Waals surface area contributed by atoms with Gasteiger partial charge in [-0.1, -0.05) is 24.3 Å². The molecule has 0 unspecified atom stereocenters. The molecule has 0 aliphatic heterocycles. The summed E-state index contributed by atoms with van der Waals surface area (Å²) >= 11 is 0. The number of fused-ring (bicyclic) bond motifs is 1. The van der Waals surface area contributed by atoms with Crippen LogP contribution >= 0.6 is 0 Å². The second kappa shape index (κ2) is 2.06. The summed E-state index contributed by atoms with van der Waals surface area (Å²) in [5.74, 6) is 0. The van der Waals surface area contributed by atoms with Crippen LogP contribution < -0.4 is 5.73 Å². The zero-order chi connectivity index (χ0) is 7.90. The van der Waals surface area contributed by atoms with E-state index in [0.29, 0.717) is 6.42 Å². The number of rotatable bonds is 0. The van der Waals surface area contributed by atoms with Crippen LogP contribution in [0.25, 0.3) is 0 Å². The number of hydrogen-bond donors (Lipinski definition) is 2. The topological polar surface area (TPSA) is 46.2 Å². The minimum absolute atomic E-state index is 0.645. The molecular weight excluding hydrogens is 138 g/mol. The van der Waals surface area contributed by atoms with Gasteiger partial charge in [-0.25, -0.2) is 0 Å². The maximum atomic E-state index is 9.62. The Morgan fingerprint density at radius 1 is 1.36 bits per heavy atom. The van der Waals surface area contributed by atoms with E-state index < -0.39 is 5.72 Å². The standard InChI is InChI=1S/C9H11NO/c10-9(11)6-5-7-3-1-2-4-8(7)9/h1-4,11H,5-6,10H2/t9-/m1/s1. The van der Waals surface area contributed by atoms with Gasteiger partial charge in [-0.3, -0.25) is 5.73 Å². The lowest BCUT2D eigenvalue weighted by Crippen LogP contribution is -2.33. The maximum Gasteiger partial charge on any atom is 0.140 e. The Labute approximate surface area is 65.7 Å². The molecule has 0 amide bonds. The summed E-state index contributed by atoms with van der Waals surface area (Å²) in [5.41, 5.74) is 6.64. The highest BCUT2D eigenvalue weighted by Crippen LogP contribution is 2.31. The number of hydrogen-bond acceptors (Lipinski definition) is 2. The van der Waals surface area contributed by atoms with E-state index in [9.17, 15) is 5.11 Å². The molecular formula is C9H11NO. The van der Waals surface area contributed by atoms with Crippen LogP contribution in [0.4, 0.5) is 0 Å². The van der Waals surface area contributed by atoms with Crippen LogP contribution in [0.15, 0.2) is 24.3 Å². The second-order valence-electron chi connectivity index (χ2n) is 3.08. The molecule has 0 saturated heterocycles. The number of aliphatic hydroxyl groups is 1. The summed E-state index contributed by atoms with van der Waals surface area (Å²) in [6.07, 6.45) is 1.54. The van der Waals surface area contributed by atoms with Crippen molar-refractivity contribution in [2.75, 3.05) is 0 Å². The van der Waals surface area contributed by atoms with E-state index in [1.54, 1.807) is 0 Å². The van der Waals surface area contributed by atoms with Crippen molar-refractivity contribution in [1.29, 1.82) is 0 Å². The molecule has 1 aromatic carbocycles. The normalized spacial score (nSPS) is 28.5. The number of benzene rings is 1. The van der Waals surface area contributed by atoms with Crippen LogP contribution in [0.2, 0.25) is 0 Å². The average molecular weight is 149 g/mol. The van der Waals surface area contributed by atoms with Crippen molar-refractivity contribution in [3.8, 4) is 0 Å². The largest absolute Gasteiger partial charge is 0.372 e. The Kier molecular flexibility index (Phi) is 1.28. The molecule has 2 nitrogen and oxygen atoms in total. The first-order chi connectivity index (χ1) is 5.20. The van der Waals surface area contributed by atoms with Gasteiger partial charge in [0.1, 0.15) is 5.72 Å². The van der Waals surface area contributed by atoms with E-state index in [0.717, 1.165) is 12.0 Å². The van der Waals surface area contributed by atoms with Gasteiger partial charge in [0, 0.05) is 5.56 Å². The van der Waals surface area contributed by atoms with Crippen LogP contribution in [0, 0.1) is 0 Å². The Bertz CT molecular complexity index is 281. The zero-order valence-corrected chi connectivity index (χ0v) is 6.25. The highest BCUT2D eigenvalue weighted by Gasteiger charge is 2.31. The lowest BCUT2D eigenvalue weighted by atomic mass is 10.1. The van der Waals surface area contributed by atoms with Gasteiger partial charge in [-0.2, -0.15) is 0 Å². The van der Waals surface area contributed by atoms with Crippen LogP contribution in [0.5, 0.6) is 0 Å². The Morgan fingerprint density at radius 2 is 2.09 bits per heavy atom. The first-order valence-corrected chi connectivity index (χ1v) is 3.80. The molecule has 11 heavy (non-hydrogen) atoms. The average Bonchev–Trinajstić information content (AvgIpc) is 2.29. The van der Waals surface area contributed by atoms with E-state index >= 15 is 0 Å². The summed E-state index contributed by atoms with van der Waals surface area (Å²) in [7, 11) is 0. The van der Waals surface area contributed by atoms with E-state index in [1.165, 1.54) is 5.56 Å². The third-order valence-electron chi connectivity index (χ3n) is 2.26. The predicted molar refractivity (Wildman–Crippen MR) is 42.8 cm³/mol. The lowest BCUT2D eigenvalue weighted by Gasteiger charge is -2.16. The molecule has 0 bridgehead atoms. The maximum absolute atomic E-state index is 9.62. The van der Waals surface area contributed by atoms with Crippen molar-refractivity contribution in [2.24, 2.45) is 5.73 Å². The summed E-state index contributed by atoms with van der Waals surface area (Å²) in [5, 5.41) is 9.62. The minimum Gasteiger partial charge on any atom is -0.372 e. The van der Waals surface area contributed by atoms with Crippen LogP contribution in [0.1, 0.15) is 17.5 Å². The molecule has 0 aromatic heterocycles. The van der Waals surface area contributed by atoms with Gasteiger partial charge in [0.2, 0.25) is 0 Å². The number of aryl methyl sites for hydroxylation is 1. The van der Waals surface area contributed by atoms with Crippen molar-refractivity contribution in [1.82, 2.24) is 0 Å². The van der Waals surface area contributed by atoms with E-state index in [4.69, 9.17) is 5.73 Å². The van der Waals surface area contributed by atoms with E-state index in [-0.39, 0.29) is 0 Å². The first-order valence-electron chi connectivity index (χ1n) is 3.80. The molecule has 1 aromatic rings. The molecule has 58 valence electrons. The summed E-state index contributed by atoms with van der Waals surface area (Å²) < 4.78 is 0.